The smallest absolute Gasteiger partial charge is 0.223 e. The Balaban J connectivity index is 2.63. The van der Waals surface area contributed by atoms with Gasteiger partial charge >= 0.3 is 0 Å². The number of hydrogen-bond donors (Lipinski definition) is 1. The third-order valence-electron chi connectivity index (χ3n) is 3.13. The Bertz CT molecular complexity index is 208. The van der Waals surface area contributed by atoms with Crippen LogP contribution in [0.5, 0.6) is 0 Å². The van der Waals surface area contributed by atoms with Gasteiger partial charge in [0, 0.05) is 45.2 Å². The van der Waals surface area contributed by atoms with Crippen molar-refractivity contribution < 1.29 is 4.79 Å². The van der Waals surface area contributed by atoms with Crippen LogP contribution in [0.1, 0.15) is 20.3 Å². The highest BCUT2D eigenvalue weighted by atomic mass is 16.2. The van der Waals surface area contributed by atoms with E-state index in [-0.39, 0.29) is 5.91 Å². The summed E-state index contributed by atoms with van der Waals surface area (Å²) < 4.78 is 0. The van der Waals surface area contributed by atoms with Crippen LogP contribution >= 0.6 is 0 Å². The van der Waals surface area contributed by atoms with Gasteiger partial charge in [-0.25, -0.2) is 0 Å². The van der Waals surface area contributed by atoms with Crippen LogP contribution in [0.25, 0.3) is 0 Å². The highest BCUT2D eigenvalue weighted by molar-refractivity contribution is 5.76. The van der Waals surface area contributed by atoms with E-state index in [0.717, 1.165) is 13.1 Å². The number of likely N-dealkylation sites (N-methyl/N-ethyl adjacent to an activating group) is 1. The van der Waals surface area contributed by atoms with E-state index in [1.807, 2.05) is 11.9 Å². The molecule has 82 valence electrons. The number of nitrogens with two attached hydrogens (primary N) is 1. The van der Waals surface area contributed by atoms with Gasteiger partial charge in [0.2, 0.25) is 5.91 Å². The Kier molecular flexibility index (Phi) is 3.89. The maximum Gasteiger partial charge on any atom is 0.223 e. The fraction of sp³-hybridized carbons (Fsp3) is 0.900. The molecule has 0 saturated carbocycles. The number of rotatable bonds is 2. The van der Waals surface area contributed by atoms with Crippen molar-refractivity contribution in [1.29, 1.82) is 0 Å². The lowest BCUT2D eigenvalue weighted by atomic mass is 10.2. The topological polar surface area (TPSA) is 49.6 Å². The fourth-order valence-corrected chi connectivity index (χ4v) is 1.76. The normalized spacial score (nSPS) is 27.6. The molecule has 1 rings (SSSR count). The summed E-state index contributed by atoms with van der Waals surface area (Å²) in [5.74, 6) is 0.240. The molecule has 1 fully saturated rings. The Labute approximate surface area is 86.0 Å². The van der Waals surface area contributed by atoms with Crippen LogP contribution in [0.3, 0.4) is 0 Å². The molecule has 0 spiro atoms. The molecule has 0 aromatic carbocycles. The monoisotopic (exact) mass is 199 g/mol. The molecule has 1 aliphatic heterocycles. The second-order valence-corrected chi connectivity index (χ2v) is 4.18. The molecule has 2 atom stereocenters. The molecule has 2 N–H and O–H groups in total. The van der Waals surface area contributed by atoms with Gasteiger partial charge in [0.1, 0.15) is 0 Å². The average Bonchev–Trinajstić information content (AvgIpc) is 2.31. The zero-order valence-electron chi connectivity index (χ0n) is 9.36. The Morgan fingerprint density at radius 3 is 2.86 bits per heavy atom. The van der Waals surface area contributed by atoms with E-state index in [1.54, 1.807) is 0 Å². The summed E-state index contributed by atoms with van der Waals surface area (Å²) >= 11 is 0. The van der Waals surface area contributed by atoms with Crippen LogP contribution in [0.4, 0.5) is 0 Å². The van der Waals surface area contributed by atoms with Crippen molar-refractivity contribution in [2.75, 3.05) is 26.7 Å². The highest BCUT2D eigenvalue weighted by Gasteiger charge is 2.25. The molecule has 1 amide bonds. The SMILES string of the molecule is CC(CN)N1CCC(=O)N(C)C(C)C1. The molecular weight excluding hydrogens is 178 g/mol. The maximum atomic E-state index is 11.5. The van der Waals surface area contributed by atoms with Gasteiger partial charge in [-0.2, -0.15) is 0 Å². The van der Waals surface area contributed by atoms with Crippen molar-refractivity contribution in [3.8, 4) is 0 Å². The minimum atomic E-state index is 0.240. The van der Waals surface area contributed by atoms with E-state index in [0.29, 0.717) is 25.0 Å². The first-order chi connectivity index (χ1) is 6.56. The Morgan fingerprint density at radius 2 is 2.29 bits per heavy atom. The minimum Gasteiger partial charge on any atom is -0.342 e. The molecule has 4 heteroatoms. The first-order valence-electron chi connectivity index (χ1n) is 5.26. The number of amides is 1. The van der Waals surface area contributed by atoms with E-state index in [4.69, 9.17) is 5.73 Å². The molecular formula is C10H21N3O. The zero-order chi connectivity index (χ0) is 10.7. The second-order valence-electron chi connectivity index (χ2n) is 4.18. The van der Waals surface area contributed by atoms with E-state index >= 15 is 0 Å². The van der Waals surface area contributed by atoms with Crippen LogP contribution in [0.2, 0.25) is 0 Å². The molecule has 14 heavy (non-hydrogen) atoms. The summed E-state index contributed by atoms with van der Waals surface area (Å²) in [4.78, 5) is 15.7. The van der Waals surface area contributed by atoms with Gasteiger partial charge in [-0.15, -0.1) is 0 Å². The number of carbonyl (C=O) groups is 1. The molecule has 0 aliphatic carbocycles. The largest absolute Gasteiger partial charge is 0.342 e. The van der Waals surface area contributed by atoms with Gasteiger partial charge in [0.05, 0.1) is 0 Å². The molecule has 1 aliphatic rings. The third kappa shape index (κ3) is 2.45. The maximum absolute atomic E-state index is 11.5. The summed E-state index contributed by atoms with van der Waals surface area (Å²) in [5.41, 5.74) is 5.63. The van der Waals surface area contributed by atoms with Gasteiger partial charge in [-0.3, -0.25) is 9.69 Å². The summed E-state index contributed by atoms with van der Waals surface area (Å²) in [6.07, 6.45) is 0.616. The lowest BCUT2D eigenvalue weighted by molar-refractivity contribution is -0.130. The lowest BCUT2D eigenvalue weighted by Gasteiger charge is -2.29. The molecule has 0 bridgehead atoms. The van der Waals surface area contributed by atoms with Gasteiger partial charge in [0.15, 0.2) is 0 Å². The molecule has 1 heterocycles. The fourth-order valence-electron chi connectivity index (χ4n) is 1.76. The first kappa shape index (κ1) is 11.5. The highest BCUT2D eigenvalue weighted by Crippen LogP contribution is 2.11. The Morgan fingerprint density at radius 1 is 1.64 bits per heavy atom. The summed E-state index contributed by atoms with van der Waals surface area (Å²) in [7, 11) is 1.88. The standard InChI is InChI=1S/C10H21N3O/c1-8(6-11)13-5-4-10(14)12(3)9(2)7-13/h8-9H,4-7,11H2,1-3H3. The molecule has 4 nitrogen and oxygen atoms in total. The van der Waals surface area contributed by atoms with Crippen LogP contribution in [-0.2, 0) is 4.79 Å². The summed E-state index contributed by atoms with van der Waals surface area (Å²) in [6, 6.07) is 0.663. The molecule has 1 saturated heterocycles. The van der Waals surface area contributed by atoms with Crippen molar-refractivity contribution in [2.45, 2.75) is 32.4 Å². The second kappa shape index (κ2) is 4.75. The first-order valence-corrected chi connectivity index (χ1v) is 5.26. The molecule has 0 aromatic rings. The predicted octanol–water partition coefficient (Wildman–Crippen LogP) is -0.114. The van der Waals surface area contributed by atoms with Crippen molar-refractivity contribution >= 4 is 5.91 Å². The average molecular weight is 199 g/mol. The summed E-state index contributed by atoms with van der Waals surface area (Å²) in [5, 5.41) is 0. The minimum absolute atomic E-state index is 0.240. The predicted molar refractivity (Wildman–Crippen MR) is 56.9 cm³/mol. The molecule has 2 unspecified atom stereocenters. The van der Waals surface area contributed by atoms with E-state index in [9.17, 15) is 4.79 Å². The van der Waals surface area contributed by atoms with Crippen LogP contribution in [-0.4, -0.2) is 54.5 Å². The van der Waals surface area contributed by atoms with Gasteiger partial charge < -0.3 is 10.6 Å². The van der Waals surface area contributed by atoms with Crippen molar-refractivity contribution in [3.05, 3.63) is 0 Å². The van der Waals surface area contributed by atoms with Crippen LogP contribution < -0.4 is 5.73 Å². The lowest BCUT2D eigenvalue weighted by Crippen LogP contribution is -2.44. The van der Waals surface area contributed by atoms with Crippen molar-refractivity contribution in [1.82, 2.24) is 9.80 Å². The third-order valence-corrected chi connectivity index (χ3v) is 3.13. The van der Waals surface area contributed by atoms with Crippen LogP contribution in [0.15, 0.2) is 0 Å². The number of carbonyl (C=O) groups excluding carboxylic acids is 1. The zero-order valence-corrected chi connectivity index (χ0v) is 9.36. The van der Waals surface area contributed by atoms with E-state index < -0.39 is 0 Å². The van der Waals surface area contributed by atoms with Gasteiger partial charge in [-0.05, 0) is 13.8 Å². The van der Waals surface area contributed by atoms with E-state index in [2.05, 4.69) is 18.7 Å². The van der Waals surface area contributed by atoms with Crippen molar-refractivity contribution in [3.63, 3.8) is 0 Å². The molecule has 0 aromatic heterocycles. The number of hydrogen-bond acceptors (Lipinski definition) is 3. The quantitative estimate of drug-likeness (QED) is 0.675. The Hall–Kier alpha value is -0.610. The molecule has 0 radical (unpaired) electrons. The van der Waals surface area contributed by atoms with Gasteiger partial charge in [0.25, 0.3) is 0 Å². The van der Waals surface area contributed by atoms with E-state index in [1.165, 1.54) is 0 Å². The summed E-state index contributed by atoms with van der Waals surface area (Å²) in [6.45, 7) is 6.62. The van der Waals surface area contributed by atoms with Gasteiger partial charge in [-0.1, -0.05) is 0 Å². The van der Waals surface area contributed by atoms with Crippen LogP contribution in [0, 0.1) is 0 Å². The van der Waals surface area contributed by atoms with Crippen molar-refractivity contribution in [2.24, 2.45) is 5.73 Å². The number of nitrogens with zero attached hydrogens (tertiary/aromatic N) is 2.